The van der Waals surface area contributed by atoms with Crippen LogP contribution in [0.4, 0.5) is 0 Å². The summed E-state index contributed by atoms with van der Waals surface area (Å²) in [5.41, 5.74) is 0. The lowest BCUT2D eigenvalue weighted by Crippen LogP contribution is -2.51. The Morgan fingerprint density at radius 1 is 1.41 bits per heavy atom. The molecular weight excluding hydrogens is 300 g/mol. The quantitative estimate of drug-likeness (QED) is 0.823. The largest absolute Gasteiger partial charge is 0.339 e. The molecule has 1 aromatic heterocycles. The number of amides is 2. The summed E-state index contributed by atoms with van der Waals surface area (Å²) in [7, 11) is 0. The molecule has 0 aromatic carbocycles. The summed E-state index contributed by atoms with van der Waals surface area (Å²) in [5, 5.41) is 0. The Bertz CT molecular complexity index is 574. The molecule has 0 unspecified atom stereocenters. The van der Waals surface area contributed by atoms with E-state index in [4.69, 9.17) is 0 Å². The monoisotopic (exact) mass is 322 g/mol. The number of hydrogen-bond donors (Lipinski definition) is 0. The van der Waals surface area contributed by atoms with Gasteiger partial charge in [-0.25, -0.2) is 4.98 Å². The molecule has 0 radical (unpaired) electrons. The van der Waals surface area contributed by atoms with E-state index in [0.717, 1.165) is 25.2 Å². The number of aryl methyl sites for hydroxylation is 1. The number of piperidine rings is 1. The van der Waals surface area contributed by atoms with Gasteiger partial charge in [-0.05, 0) is 19.8 Å². The van der Waals surface area contributed by atoms with Gasteiger partial charge in [-0.3, -0.25) is 9.59 Å². The van der Waals surface area contributed by atoms with Gasteiger partial charge < -0.3 is 14.4 Å². The maximum atomic E-state index is 12.8. The Hall–Kier alpha value is -1.50. The summed E-state index contributed by atoms with van der Waals surface area (Å²) in [6.07, 6.45) is 5.85. The van der Waals surface area contributed by atoms with Gasteiger partial charge in [0.05, 0.1) is 11.9 Å². The summed E-state index contributed by atoms with van der Waals surface area (Å²) in [4.78, 5) is 32.4. The molecule has 2 aliphatic heterocycles. The highest BCUT2D eigenvalue weighted by atomic mass is 32.2. The van der Waals surface area contributed by atoms with Gasteiger partial charge in [-0.1, -0.05) is 0 Å². The van der Waals surface area contributed by atoms with Gasteiger partial charge in [0.15, 0.2) is 0 Å². The van der Waals surface area contributed by atoms with Crippen LogP contribution in [-0.4, -0.2) is 61.9 Å². The van der Waals surface area contributed by atoms with Crippen LogP contribution in [-0.2, 0) is 9.59 Å². The number of thioether (sulfide) groups is 1. The van der Waals surface area contributed by atoms with Crippen LogP contribution in [0.3, 0.4) is 0 Å². The minimum Gasteiger partial charge on any atom is -0.339 e. The first-order valence-corrected chi connectivity index (χ1v) is 8.86. The van der Waals surface area contributed by atoms with Gasteiger partial charge in [0, 0.05) is 38.2 Å². The Morgan fingerprint density at radius 2 is 2.23 bits per heavy atom. The van der Waals surface area contributed by atoms with Crippen LogP contribution < -0.4 is 0 Å². The predicted octanol–water partition coefficient (Wildman–Crippen LogP) is 1.28. The zero-order valence-corrected chi connectivity index (χ0v) is 13.9. The van der Waals surface area contributed by atoms with Crippen molar-refractivity contribution in [2.24, 2.45) is 0 Å². The number of carbonyl (C=O) groups excluding carboxylic acids is 2. The van der Waals surface area contributed by atoms with Crippen molar-refractivity contribution in [2.45, 2.75) is 38.8 Å². The molecule has 3 rings (SSSR count). The number of rotatable bonds is 2. The van der Waals surface area contributed by atoms with Crippen LogP contribution >= 0.6 is 11.8 Å². The average Bonchev–Trinajstić information content (AvgIpc) is 3.15. The Labute approximate surface area is 134 Å². The number of imidazole rings is 1. The van der Waals surface area contributed by atoms with E-state index in [9.17, 15) is 9.59 Å². The molecule has 120 valence electrons. The van der Waals surface area contributed by atoms with Crippen LogP contribution in [0.2, 0.25) is 0 Å². The fourth-order valence-electron chi connectivity index (χ4n) is 3.32. The molecule has 3 heterocycles. The number of hydrogen-bond acceptors (Lipinski definition) is 4. The van der Waals surface area contributed by atoms with Crippen molar-refractivity contribution in [3.05, 3.63) is 18.2 Å². The van der Waals surface area contributed by atoms with E-state index in [1.807, 2.05) is 18.0 Å². The molecule has 0 aliphatic carbocycles. The summed E-state index contributed by atoms with van der Waals surface area (Å²) >= 11 is 1.65. The minimum absolute atomic E-state index is 0.0117. The zero-order chi connectivity index (χ0) is 15.7. The fourth-order valence-corrected chi connectivity index (χ4v) is 4.53. The van der Waals surface area contributed by atoms with E-state index in [1.54, 1.807) is 29.8 Å². The molecule has 2 atom stereocenters. The standard InChI is InChI=1S/C15H22N4O2S/c1-11-16-5-7-18(11)13-4-3-6-17(8-13)15(21)14-9-22-10-19(14)12(2)20/h5,7,13-14H,3-4,6,8-10H2,1-2H3/t13-,14+/m0/s1. The summed E-state index contributed by atoms with van der Waals surface area (Å²) < 4.78 is 2.16. The maximum absolute atomic E-state index is 12.8. The number of carbonyl (C=O) groups is 2. The average molecular weight is 322 g/mol. The van der Waals surface area contributed by atoms with Crippen molar-refractivity contribution < 1.29 is 9.59 Å². The van der Waals surface area contributed by atoms with Crippen LogP contribution in [0, 0.1) is 6.92 Å². The minimum atomic E-state index is -0.287. The molecule has 0 bridgehead atoms. The molecule has 2 fully saturated rings. The van der Waals surface area contributed by atoms with Gasteiger partial charge in [-0.2, -0.15) is 0 Å². The van der Waals surface area contributed by atoms with Crippen LogP contribution in [0.5, 0.6) is 0 Å². The van der Waals surface area contributed by atoms with Gasteiger partial charge in [-0.15, -0.1) is 11.8 Å². The Balaban J connectivity index is 1.70. The molecule has 1 aromatic rings. The topological polar surface area (TPSA) is 58.4 Å². The van der Waals surface area contributed by atoms with Crippen LogP contribution in [0.15, 0.2) is 12.4 Å². The highest BCUT2D eigenvalue weighted by molar-refractivity contribution is 7.99. The third kappa shape index (κ3) is 2.86. The molecule has 6 nitrogen and oxygen atoms in total. The van der Waals surface area contributed by atoms with E-state index < -0.39 is 0 Å². The highest BCUT2D eigenvalue weighted by Crippen LogP contribution is 2.27. The second kappa shape index (κ2) is 6.32. The van der Waals surface area contributed by atoms with E-state index in [0.29, 0.717) is 24.2 Å². The van der Waals surface area contributed by atoms with Crippen molar-refractivity contribution in [3.63, 3.8) is 0 Å². The smallest absolute Gasteiger partial charge is 0.246 e. The van der Waals surface area contributed by atoms with Crippen molar-refractivity contribution in [3.8, 4) is 0 Å². The first-order valence-electron chi connectivity index (χ1n) is 7.71. The fraction of sp³-hybridized carbons (Fsp3) is 0.667. The molecule has 2 amide bonds. The lowest BCUT2D eigenvalue weighted by atomic mass is 10.0. The van der Waals surface area contributed by atoms with E-state index in [2.05, 4.69) is 9.55 Å². The second-order valence-electron chi connectivity index (χ2n) is 5.97. The molecule has 2 aliphatic rings. The lowest BCUT2D eigenvalue weighted by Gasteiger charge is -2.36. The Kier molecular flexibility index (Phi) is 4.42. The molecule has 0 spiro atoms. The SMILES string of the molecule is CC(=O)N1CSC[C@@H]1C(=O)N1CCC[C@H](n2ccnc2C)C1. The first-order chi connectivity index (χ1) is 10.6. The van der Waals surface area contributed by atoms with Crippen molar-refractivity contribution in [1.82, 2.24) is 19.4 Å². The normalized spacial score (nSPS) is 25.5. The molecule has 7 heteroatoms. The molecule has 0 saturated carbocycles. The van der Waals surface area contributed by atoms with Gasteiger partial charge in [0.2, 0.25) is 11.8 Å². The maximum Gasteiger partial charge on any atom is 0.246 e. The zero-order valence-electron chi connectivity index (χ0n) is 13.1. The summed E-state index contributed by atoms with van der Waals surface area (Å²) in [5.74, 6) is 2.42. The van der Waals surface area contributed by atoms with E-state index >= 15 is 0 Å². The second-order valence-corrected chi connectivity index (χ2v) is 6.97. The molecule has 0 N–H and O–H groups in total. The first kappa shape index (κ1) is 15.4. The third-order valence-electron chi connectivity index (χ3n) is 4.54. The third-order valence-corrected chi connectivity index (χ3v) is 5.55. The summed E-state index contributed by atoms with van der Waals surface area (Å²) in [6, 6.07) is 0.00479. The molecular formula is C15H22N4O2S. The highest BCUT2D eigenvalue weighted by Gasteiger charge is 2.37. The van der Waals surface area contributed by atoms with Gasteiger partial charge in [0.1, 0.15) is 11.9 Å². The molecule has 2 saturated heterocycles. The Morgan fingerprint density at radius 3 is 2.91 bits per heavy atom. The van der Waals surface area contributed by atoms with Crippen molar-refractivity contribution in [2.75, 3.05) is 24.7 Å². The van der Waals surface area contributed by atoms with E-state index in [-0.39, 0.29) is 17.9 Å². The molecule has 22 heavy (non-hydrogen) atoms. The van der Waals surface area contributed by atoms with Crippen molar-refractivity contribution in [1.29, 1.82) is 0 Å². The summed E-state index contributed by atoms with van der Waals surface area (Å²) in [6.45, 7) is 5.03. The van der Waals surface area contributed by atoms with Crippen molar-refractivity contribution >= 4 is 23.6 Å². The predicted molar refractivity (Wildman–Crippen MR) is 85.4 cm³/mol. The lowest BCUT2D eigenvalue weighted by molar-refractivity contribution is -0.143. The number of likely N-dealkylation sites (tertiary alicyclic amines) is 1. The number of aromatic nitrogens is 2. The van der Waals surface area contributed by atoms with Gasteiger partial charge >= 0.3 is 0 Å². The van der Waals surface area contributed by atoms with Crippen LogP contribution in [0.1, 0.15) is 31.6 Å². The van der Waals surface area contributed by atoms with E-state index in [1.165, 1.54) is 0 Å². The van der Waals surface area contributed by atoms with Crippen LogP contribution in [0.25, 0.3) is 0 Å². The van der Waals surface area contributed by atoms with Gasteiger partial charge in [0.25, 0.3) is 0 Å². The number of nitrogens with zero attached hydrogens (tertiary/aromatic N) is 4.